The second-order valence-electron chi connectivity index (χ2n) is 3.49. The summed E-state index contributed by atoms with van der Waals surface area (Å²) < 4.78 is 0. The van der Waals surface area contributed by atoms with E-state index < -0.39 is 5.97 Å². The second-order valence-corrected chi connectivity index (χ2v) is 5.58. The largest absolute Gasteiger partial charge is 0.477 e. The lowest BCUT2D eigenvalue weighted by atomic mass is 10.3. The molecule has 0 aliphatic heterocycles. The molecule has 0 aliphatic carbocycles. The van der Waals surface area contributed by atoms with Crippen LogP contribution in [0.4, 0.5) is 5.69 Å². The van der Waals surface area contributed by atoms with Gasteiger partial charge in [0.25, 0.3) is 0 Å². The maximum atomic E-state index is 11.0. The van der Waals surface area contributed by atoms with Crippen LogP contribution in [-0.4, -0.2) is 30.2 Å². The Balaban J connectivity index is 3.10. The van der Waals surface area contributed by atoms with E-state index in [1.165, 1.54) is 16.3 Å². The molecule has 1 aromatic rings. The number of thiophene rings is 1. The predicted molar refractivity (Wildman–Crippen MR) is 67.6 cm³/mol. The first-order valence-corrected chi connectivity index (χ1v) is 6.11. The highest BCUT2D eigenvalue weighted by Crippen LogP contribution is 2.36. The summed E-state index contributed by atoms with van der Waals surface area (Å²) in [4.78, 5) is 12.2. The van der Waals surface area contributed by atoms with E-state index in [4.69, 9.17) is 5.11 Å². The molecule has 0 spiro atoms. The number of hydrogen-bond acceptors (Lipinski definition) is 4. The molecule has 0 aliphatic rings. The molecule has 0 radical (unpaired) electrons. The topological polar surface area (TPSA) is 65.3 Å². The van der Waals surface area contributed by atoms with Crippen LogP contribution in [0.5, 0.6) is 0 Å². The minimum Gasteiger partial charge on any atom is -0.477 e. The third-order valence-corrected chi connectivity index (χ3v) is 3.62. The number of carboxylic acid groups (broad SMARTS) is 1. The van der Waals surface area contributed by atoms with Gasteiger partial charge < -0.3 is 5.11 Å². The molecule has 0 amide bonds. The van der Waals surface area contributed by atoms with Gasteiger partial charge in [-0.15, -0.1) is 25.7 Å². The Kier molecular flexibility index (Phi) is 4.38. The van der Waals surface area contributed by atoms with Gasteiger partial charge in [-0.25, -0.2) is 4.79 Å². The molecule has 1 heterocycles. The Morgan fingerprint density at radius 1 is 1.62 bits per heavy atom. The summed E-state index contributed by atoms with van der Waals surface area (Å²) in [6.45, 7) is 1.98. The number of aromatic carboxylic acids is 1. The molecule has 5 nitrogen and oxygen atoms in total. The van der Waals surface area contributed by atoms with Gasteiger partial charge in [-0.05, 0) is 6.07 Å². The lowest BCUT2D eigenvalue weighted by Crippen LogP contribution is -1.99. The van der Waals surface area contributed by atoms with Crippen molar-refractivity contribution in [3.05, 3.63) is 15.8 Å². The Morgan fingerprint density at radius 3 is 2.69 bits per heavy atom. The van der Waals surface area contributed by atoms with Gasteiger partial charge in [0.2, 0.25) is 0 Å². The van der Waals surface area contributed by atoms with E-state index in [9.17, 15) is 4.79 Å². The SMILES string of the molecule is CC(P)c1cc(N=NN(C)C)c(C(=O)O)s1. The fourth-order valence-corrected chi connectivity index (χ4v) is 2.17. The summed E-state index contributed by atoms with van der Waals surface area (Å²) in [6.07, 6.45) is 0. The number of rotatable bonds is 4. The van der Waals surface area contributed by atoms with Gasteiger partial charge in [0.15, 0.2) is 0 Å². The van der Waals surface area contributed by atoms with E-state index in [0.717, 1.165) is 4.88 Å². The van der Waals surface area contributed by atoms with Crippen LogP contribution in [0.25, 0.3) is 0 Å². The Morgan fingerprint density at radius 2 is 2.25 bits per heavy atom. The van der Waals surface area contributed by atoms with Crippen LogP contribution in [0, 0.1) is 0 Å². The number of hydrogen-bond donors (Lipinski definition) is 1. The minimum absolute atomic E-state index is 0.214. The van der Waals surface area contributed by atoms with Crippen molar-refractivity contribution in [2.45, 2.75) is 12.6 Å². The fourth-order valence-electron chi connectivity index (χ4n) is 0.989. The van der Waals surface area contributed by atoms with Gasteiger partial charge >= 0.3 is 5.97 Å². The van der Waals surface area contributed by atoms with Crippen molar-refractivity contribution in [2.24, 2.45) is 10.3 Å². The molecule has 88 valence electrons. The summed E-state index contributed by atoms with van der Waals surface area (Å²) >= 11 is 1.23. The average molecular weight is 259 g/mol. The molecule has 0 bridgehead atoms. The van der Waals surface area contributed by atoms with Crippen molar-refractivity contribution < 1.29 is 9.90 Å². The summed E-state index contributed by atoms with van der Waals surface area (Å²) in [5.74, 6) is -0.963. The quantitative estimate of drug-likeness (QED) is 0.513. The lowest BCUT2D eigenvalue weighted by molar-refractivity contribution is 0.0703. The van der Waals surface area contributed by atoms with Crippen LogP contribution in [0.15, 0.2) is 16.4 Å². The van der Waals surface area contributed by atoms with Crippen molar-refractivity contribution in [1.82, 2.24) is 5.01 Å². The van der Waals surface area contributed by atoms with E-state index in [1.54, 1.807) is 20.2 Å². The molecular formula is C9H14N3O2PS. The Labute approximate surface area is 100 Å². The van der Waals surface area contributed by atoms with E-state index >= 15 is 0 Å². The van der Waals surface area contributed by atoms with E-state index in [-0.39, 0.29) is 10.5 Å². The minimum atomic E-state index is -0.963. The first kappa shape index (κ1) is 13.1. The van der Waals surface area contributed by atoms with Crippen molar-refractivity contribution >= 4 is 32.2 Å². The molecule has 2 unspecified atom stereocenters. The third kappa shape index (κ3) is 3.25. The molecule has 7 heteroatoms. The predicted octanol–water partition coefficient (Wildman–Crippen LogP) is 2.94. The molecule has 0 saturated carbocycles. The number of carbonyl (C=O) groups is 1. The summed E-state index contributed by atoms with van der Waals surface area (Å²) in [6, 6.07) is 1.76. The van der Waals surface area contributed by atoms with Gasteiger partial charge in [-0.1, -0.05) is 12.1 Å². The molecular weight excluding hydrogens is 245 g/mol. The molecule has 2 atom stereocenters. The number of carboxylic acids is 1. The highest BCUT2D eigenvalue weighted by molar-refractivity contribution is 7.21. The molecule has 0 aromatic carbocycles. The molecule has 1 N–H and O–H groups in total. The zero-order chi connectivity index (χ0) is 12.3. The number of nitrogens with zero attached hydrogens (tertiary/aromatic N) is 3. The Hall–Kier alpha value is -1.00. The van der Waals surface area contributed by atoms with E-state index in [0.29, 0.717) is 5.69 Å². The van der Waals surface area contributed by atoms with Crippen LogP contribution < -0.4 is 0 Å². The van der Waals surface area contributed by atoms with Gasteiger partial charge in [0.05, 0.1) is 0 Å². The van der Waals surface area contributed by atoms with Gasteiger partial charge in [-0.2, -0.15) is 0 Å². The van der Waals surface area contributed by atoms with Crippen LogP contribution in [0.2, 0.25) is 0 Å². The smallest absolute Gasteiger partial charge is 0.348 e. The van der Waals surface area contributed by atoms with Crippen LogP contribution in [0.3, 0.4) is 0 Å². The standard InChI is InChI=1S/C9H14N3O2PS/c1-5(15)7-4-6(10-11-12(2)3)8(16-7)9(13)14/h4-5H,15H2,1-3H3,(H,13,14). The van der Waals surface area contributed by atoms with Gasteiger partial charge in [-0.3, -0.25) is 5.01 Å². The van der Waals surface area contributed by atoms with E-state index in [2.05, 4.69) is 19.6 Å². The fraction of sp³-hybridized carbons (Fsp3) is 0.444. The van der Waals surface area contributed by atoms with Crippen LogP contribution in [-0.2, 0) is 0 Å². The third-order valence-electron chi connectivity index (χ3n) is 1.71. The van der Waals surface area contributed by atoms with Crippen molar-refractivity contribution in [3.8, 4) is 0 Å². The first-order valence-electron chi connectivity index (χ1n) is 4.63. The van der Waals surface area contributed by atoms with Crippen molar-refractivity contribution in [2.75, 3.05) is 14.1 Å². The monoisotopic (exact) mass is 259 g/mol. The maximum Gasteiger partial charge on any atom is 0.348 e. The second kappa shape index (κ2) is 5.37. The van der Waals surface area contributed by atoms with Crippen molar-refractivity contribution in [1.29, 1.82) is 0 Å². The summed E-state index contributed by atoms with van der Waals surface area (Å²) in [5, 5.41) is 18.2. The zero-order valence-corrected chi connectivity index (χ0v) is 11.3. The first-order chi connectivity index (χ1) is 7.41. The highest BCUT2D eigenvalue weighted by Gasteiger charge is 2.16. The van der Waals surface area contributed by atoms with Crippen molar-refractivity contribution in [3.63, 3.8) is 0 Å². The molecule has 0 fully saturated rings. The molecule has 1 aromatic heterocycles. The average Bonchev–Trinajstić information content (AvgIpc) is 2.58. The summed E-state index contributed by atoms with van der Waals surface area (Å²) in [5.41, 5.74) is 0.627. The van der Waals surface area contributed by atoms with E-state index in [1.807, 2.05) is 6.92 Å². The normalized spacial score (nSPS) is 13.0. The van der Waals surface area contributed by atoms with Crippen LogP contribution in [0.1, 0.15) is 27.1 Å². The Bertz CT molecular complexity index is 415. The van der Waals surface area contributed by atoms with Crippen LogP contribution >= 0.6 is 20.6 Å². The zero-order valence-electron chi connectivity index (χ0n) is 9.34. The maximum absolute atomic E-state index is 11.0. The van der Waals surface area contributed by atoms with Gasteiger partial charge in [0.1, 0.15) is 10.6 Å². The molecule has 16 heavy (non-hydrogen) atoms. The molecule has 1 rings (SSSR count). The summed E-state index contributed by atoms with van der Waals surface area (Å²) in [7, 11) is 6.09. The molecule has 0 saturated heterocycles. The highest BCUT2D eigenvalue weighted by atomic mass is 32.1. The lowest BCUT2D eigenvalue weighted by Gasteiger charge is -1.99. The van der Waals surface area contributed by atoms with Gasteiger partial charge in [0, 0.05) is 24.6 Å².